The molecule has 0 fully saturated rings. The van der Waals surface area contributed by atoms with E-state index in [-0.39, 0.29) is 29.5 Å². The summed E-state index contributed by atoms with van der Waals surface area (Å²) in [5.41, 5.74) is 3.45. The zero-order chi connectivity index (χ0) is 35.8. The summed E-state index contributed by atoms with van der Waals surface area (Å²) in [5, 5.41) is 41.1. The van der Waals surface area contributed by atoms with Gasteiger partial charge in [-0.15, -0.1) is 0 Å². The van der Waals surface area contributed by atoms with Crippen molar-refractivity contribution in [3.63, 3.8) is 0 Å². The van der Waals surface area contributed by atoms with Crippen LogP contribution < -0.4 is 11.3 Å². The van der Waals surface area contributed by atoms with Crippen molar-refractivity contribution in [2.75, 3.05) is 32.5 Å². The van der Waals surface area contributed by atoms with Crippen LogP contribution in [0.5, 0.6) is 0 Å². The molecule has 1 unspecified atom stereocenters. The number of anilines is 1. The molecule has 0 saturated carbocycles. The number of esters is 1. The van der Waals surface area contributed by atoms with Gasteiger partial charge >= 0.3 is 12.1 Å². The van der Waals surface area contributed by atoms with Gasteiger partial charge in [-0.2, -0.15) is 17.5 Å². The predicted octanol–water partition coefficient (Wildman–Crippen LogP) is 2.04. The fourth-order valence-electron chi connectivity index (χ4n) is 6.10. The number of β-amino-alcohol motifs (C(OH)–C–C–N with tert-alkyl or cyclic N) is 1. The Balaban J connectivity index is 1.83. The quantitative estimate of drug-likeness (QED) is 0.153. The number of halogens is 3. The lowest BCUT2D eigenvalue weighted by molar-refractivity contribution is -0.145. The standard InChI is InChI=1S/C33H34F3N3O9S/c1-48-32(45)24-16-38(17-26(42)29(43)25(41)12-13-40)49(46,47)31-27(20-9-5-10-21(14-20)33(34,35)36)23(28(37)30(44)39(24)31)15-19-8-4-7-18-6-2-3-11-22(18)19/h2-11,14,24-26,29,40-43H,12-13,15-17,37H2,1H3/t24?,25-,26+,29+/m1/s1. The molecule has 4 atom stereocenters. The van der Waals surface area contributed by atoms with Gasteiger partial charge < -0.3 is 30.9 Å². The van der Waals surface area contributed by atoms with Crippen molar-refractivity contribution in [2.24, 2.45) is 0 Å². The van der Waals surface area contributed by atoms with Crippen LogP contribution in [-0.4, -0.2) is 88.8 Å². The fourth-order valence-corrected chi connectivity index (χ4v) is 7.99. The Labute approximate surface area is 278 Å². The Bertz CT molecular complexity index is 2050. The van der Waals surface area contributed by atoms with Crippen LogP contribution in [0.2, 0.25) is 0 Å². The number of alkyl halides is 3. The van der Waals surface area contributed by atoms with E-state index >= 15 is 0 Å². The third-order valence-electron chi connectivity index (χ3n) is 8.58. The van der Waals surface area contributed by atoms with Crippen molar-refractivity contribution in [2.45, 2.75) is 48.4 Å². The Kier molecular flexibility index (Phi) is 10.2. The minimum Gasteiger partial charge on any atom is -0.467 e. The summed E-state index contributed by atoms with van der Waals surface area (Å²) in [4.78, 5) is 27.2. The molecular weight excluding hydrogens is 671 g/mol. The van der Waals surface area contributed by atoms with Crippen LogP contribution in [0.3, 0.4) is 0 Å². The molecule has 0 bridgehead atoms. The van der Waals surface area contributed by atoms with Crippen LogP contribution in [0.25, 0.3) is 21.9 Å². The molecule has 6 N–H and O–H groups in total. The Morgan fingerprint density at radius 1 is 1.04 bits per heavy atom. The van der Waals surface area contributed by atoms with E-state index in [2.05, 4.69) is 0 Å². The van der Waals surface area contributed by atoms with Gasteiger partial charge in [0.05, 0.1) is 24.9 Å². The van der Waals surface area contributed by atoms with Crippen molar-refractivity contribution in [3.05, 3.63) is 93.8 Å². The fraction of sp³-hybridized carbons (Fsp3) is 0.333. The number of hydrogen-bond acceptors (Lipinski definition) is 10. The number of carbonyl (C=O) groups excluding carboxylic acids is 1. The summed E-state index contributed by atoms with van der Waals surface area (Å²) in [6.45, 7) is -2.28. The summed E-state index contributed by atoms with van der Waals surface area (Å²) in [5.74, 6) is -1.10. The lowest BCUT2D eigenvalue weighted by Gasteiger charge is -2.37. The molecule has 1 aromatic heterocycles. The largest absolute Gasteiger partial charge is 0.467 e. The highest BCUT2D eigenvalue weighted by atomic mass is 32.2. The maximum absolute atomic E-state index is 14.5. The molecule has 0 spiro atoms. The molecule has 16 heteroatoms. The highest BCUT2D eigenvalue weighted by Gasteiger charge is 2.46. The first kappa shape index (κ1) is 36.0. The lowest BCUT2D eigenvalue weighted by Crippen LogP contribution is -2.54. The van der Waals surface area contributed by atoms with Crippen LogP contribution in [0.1, 0.15) is 29.2 Å². The summed E-state index contributed by atoms with van der Waals surface area (Å²) < 4.78 is 77.1. The number of aliphatic hydroxyl groups excluding tert-OH is 4. The molecule has 3 aromatic carbocycles. The van der Waals surface area contributed by atoms with Crippen LogP contribution in [0.15, 0.2) is 76.6 Å². The summed E-state index contributed by atoms with van der Waals surface area (Å²) in [6.07, 6.45) is -11.0. The second kappa shape index (κ2) is 13.9. The molecule has 1 aliphatic heterocycles. The van der Waals surface area contributed by atoms with Crippen molar-refractivity contribution in [1.82, 2.24) is 8.87 Å². The number of ether oxygens (including phenoxy) is 1. The van der Waals surface area contributed by atoms with Gasteiger partial charge in [-0.05, 0) is 46.0 Å². The highest BCUT2D eigenvalue weighted by molar-refractivity contribution is 7.89. The number of fused-ring (bicyclic) bond motifs is 2. The molecule has 0 saturated heterocycles. The monoisotopic (exact) mass is 705 g/mol. The Morgan fingerprint density at radius 2 is 1.71 bits per heavy atom. The Morgan fingerprint density at radius 3 is 2.39 bits per heavy atom. The van der Waals surface area contributed by atoms with Crippen molar-refractivity contribution < 1.29 is 51.5 Å². The van der Waals surface area contributed by atoms with E-state index in [4.69, 9.17) is 15.6 Å². The normalized spacial score (nSPS) is 18.1. The number of methoxy groups -OCH3 is 1. The van der Waals surface area contributed by atoms with Gasteiger partial charge in [-0.3, -0.25) is 9.36 Å². The zero-order valence-corrected chi connectivity index (χ0v) is 26.9. The van der Waals surface area contributed by atoms with E-state index in [9.17, 15) is 46.5 Å². The Hall–Kier alpha value is -4.32. The molecule has 2 heterocycles. The number of nitrogens with zero attached hydrogens (tertiary/aromatic N) is 2. The highest BCUT2D eigenvalue weighted by Crippen LogP contribution is 2.42. The molecular formula is C33H34F3N3O9S. The van der Waals surface area contributed by atoms with Gasteiger partial charge in [0, 0.05) is 31.7 Å². The van der Waals surface area contributed by atoms with Gasteiger partial charge in [-0.1, -0.05) is 54.6 Å². The minimum atomic E-state index is -5.00. The van der Waals surface area contributed by atoms with Gasteiger partial charge in [-0.25, -0.2) is 13.2 Å². The van der Waals surface area contributed by atoms with Crippen molar-refractivity contribution in [3.8, 4) is 11.1 Å². The van der Waals surface area contributed by atoms with E-state index < -0.39 is 88.1 Å². The minimum absolute atomic E-state index is 0.125. The van der Waals surface area contributed by atoms with Gasteiger partial charge in [0.15, 0.2) is 5.03 Å². The molecule has 1 aliphatic rings. The number of pyridine rings is 1. The molecule has 262 valence electrons. The third-order valence-corrected chi connectivity index (χ3v) is 10.5. The van der Waals surface area contributed by atoms with Crippen LogP contribution in [-0.2, 0) is 32.2 Å². The number of aromatic nitrogens is 1. The van der Waals surface area contributed by atoms with E-state index in [0.717, 1.165) is 24.6 Å². The first-order valence-corrected chi connectivity index (χ1v) is 16.5. The smallest absolute Gasteiger partial charge is 0.416 e. The maximum Gasteiger partial charge on any atom is 0.416 e. The number of rotatable bonds is 10. The third kappa shape index (κ3) is 6.79. The SMILES string of the molecule is COC(=O)C1CN(C[C@H](O)[C@@H](O)[C@H](O)CCO)S(=O)(=O)c2c(-c3cccc(C(F)(F)F)c3)c(Cc3cccc4ccccc34)c(N)c(=O)n21. The van der Waals surface area contributed by atoms with Crippen LogP contribution in [0, 0.1) is 0 Å². The number of carbonyl (C=O) groups is 1. The predicted molar refractivity (Wildman–Crippen MR) is 172 cm³/mol. The zero-order valence-electron chi connectivity index (χ0n) is 26.0. The van der Waals surface area contributed by atoms with E-state index in [0.29, 0.717) is 25.9 Å². The molecule has 5 rings (SSSR count). The van der Waals surface area contributed by atoms with Crippen LogP contribution >= 0.6 is 0 Å². The summed E-state index contributed by atoms with van der Waals surface area (Å²) in [6, 6.07) is 14.4. The molecule has 12 nitrogen and oxygen atoms in total. The van der Waals surface area contributed by atoms with E-state index in [1.807, 2.05) is 12.1 Å². The summed E-state index contributed by atoms with van der Waals surface area (Å²) in [7, 11) is -4.02. The number of nitrogen functional groups attached to an aromatic ring is 1. The molecule has 0 radical (unpaired) electrons. The van der Waals surface area contributed by atoms with Gasteiger partial charge in [0.25, 0.3) is 15.6 Å². The second-order valence-electron chi connectivity index (χ2n) is 11.6. The topological polar surface area (TPSA) is 193 Å². The molecule has 49 heavy (non-hydrogen) atoms. The first-order valence-electron chi connectivity index (χ1n) is 15.1. The van der Waals surface area contributed by atoms with Crippen molar-refractivity contribution in [1.29, 1.82) is 0 Å². The number of hydrogen-bond donors (Lipinski definition) is 5. The molecule has 4 aromatic rings. The van der Waals surface area contributed by atoms with Crippen molar-refractivity contribution >= 4 is 32.5 Å². The van der Waals surface area contributed by atoms with Gasteiger partial charge in [0.2, 0.25) is 0 Å². The lowest BCUT2D eigenvalue weighted by atomic mass is 9.91. The number of aliphatic hydroxyl groups is 4. The number of nitrogens with two attached hydrogens (primary N) is 1. The molecule has 0 amide bonds. The second-order valence-corrected chi connectivity index (χ2v) is 13.5. The number of benzene rings is 3. The van der Waals surface area contributed by atoms with Gasteiger partial charge in [0.1, 0.15) is 17.8 Å². The maximum atomic E-state index is 14.5. The van der Waals surface area contributed by atoms with Crippen LogP contribution in [0.4, 0.5) is 18.9 Å². The first-order chi connectivity index (χ1) is 23.1. The van der Waals surface area contributed by atoms with E-state index in [1.165, 1.54) is 6.07 Å². The van der Waals surface area contributed by atoms with E-state index in [1.54, 1.807) is 30.3 Å². The molecule has 0 aliphatic carbocycles. The summed E-state index contributed by atoms with van der Waals surface area (Å²) >= 11 is 0. The average Bonchev–Trinajstić information content (AvgIpc) is 3.07. The number of sulfonamides is 1. The average molecular weight is 706 g/mol.